The Labute approximate surface area is 103 Å². The fraction of sp³-hybridized carbons (Fsp3) is 1.00. The Morgan fingerprint density at radius 2 is 1.69 bits per heavy atom. The highest BCUT2D eigenvalue weighted by atomic mass is 15.1. The lowest BCUT2D eigenvalue weighted by Gasteiger charge is -2.15. The van der Waals surface area contributed by atoms with Crippen molar-refractivity contribution in [1.82, 2.24) is 4.90 Å². The molecule has 0 radical (unpaired) electrons. The number of nitrogens with zero attached hydrogens (tertiary/aromatic N) is 1. The van der Waals surface area contributed by atoms with Crippen molar-refractivity contribution in [2.45, 2.75) is 71.6 Å². The molecule has 0 spiro atoms. The van der Waals surface area contributed by atoms with Gasteiger partial charge in [-0.05, 0) is 38.3 Å². The van der Waals surface area contributed by atoms with Crippen LogP contribution in [-0.2, 0) is 0 Å². The minimum Gasteiger partial charge on any atom is -0.303 e. The summed E-state index contributed by atoms with van der Waals surface area (Å²) in [5.74, 6) is 1.02. The molecule has 0 saturated carbocycles. The molecule has 1 nitrogen and oxygen atoms in total. The summed E-state index contributed by atoms with van der Waals surface area (Å²) in [6, 6.07) is 0. The van der Waals surface area contributed by atoms with E-state index in [0.717, 1.165) is 5.92 Å². The van der Waals surface area contributed by atoms with Crippen molar-refractivity contribution in [2.75, 3.05) is 19.6 Å². The summed E-state index contributed by atoms with van der Waals surface area (Å²) in [7, 11) is 0. The first-order valence-corrected chi connectivity index (χ1v) is 7.59. The van der Waals surface area contributed by atoms with Gasteiger partial charge in [-0.25, -0.2) is 0 Å². The fourth-order valence-electron chi connectivity index (χ4n) is 2.88. The standard InChI is InChI=1S/C15H31N/c1-3-5-6-7-8-9-12-16-13-11-15(14-16)10-4-2/h15H,3-14H2,1-2H3. The monoisotopic (exact) mass is 225 g/mol. The highest BCUT2D eigenvalue weighted by Crippen LogP contribution is 2.21. The van der Waals surface area contributed by atoms with Gasteiger partial charge in [-0.3, -0.25) is 0 Å². The molecule has 96 valence electrons. The van der Waals surface area contributed by atoms with E-state index < -0.39 is 0 Å². The number of likely N-dealkylation sites (tertiary alicyclic amines) is 1. The van der Waals surface area contributed by atoms with Gasteiger partial charge < -0.3 is 4.90 Å². The van der Waals surface area contributed by atoms with Crippen LogP contribution in [0.5, 0.6) is 0 Å². The lowest BCUT2D eigenvalue weighted by molar-refractivity contribution is 0.311. The molecule has 1 aliphatic rings. The van der Waals surface area contributed by atoms with Gasteiger partial charge in [-0.1, -0.05) is 52.4 Å². The molecule has 1 heterocycles. The topological polar surface area (TPSA) is 3.24 Å². The first-order valence-electron chi connectivity index (χ1n) is 7.59. The van der Waals surface area contributed by atoms with Crippen LogP contribution in [0, 0.1) is 5.92 Å². The predicted octanol–water partition coefficient (Wildman–Crippen LogP) is 4.47. The summed E-state index contributed by atoms with van der Waals surface area (Å²) in [5.41, 5.74) is 0. The van der Waals surface area contributed by atoms with Crippen LogP contribution in [0.3, 0.4) is 0 Å². The molecule has 16 heavy (non-hydrogen) atoms. The highest BCUT2D eigenvalue weighted by Gasteiger charge is 2.20. The van der Waals surface area contributed by atoms with Crippen LogP contribution >= 0.6 is 0 Å². The van der Waals surface area contributed by atoms with E-state index in [4.69, 9.17) is 0 Å². The van der Waals surface area contributed by atoms with Crippen molar-refractivity contribution in [3.05, 3.63) is 0 Å². The van der Waals surface area contributed by atoms with Gasteiger partial charge in [0.1, 0.15) is 0 Å². The molecule has 1 saturated heterocycles. The van der Waals surface area contributed by atoms with Crippen molar-refractivity contribution >= 4 is 0 Å². The van der Waals surface area contributed by atoms with E-state index in [-0.39, 0.29) is 0 Å². The molecule has 1 unspecified atom stereocenters. The number of hydrogen-bond donors (Lipinski definition) is 0. The average molecular weight is 225 g/mol. The van der Waals surface area contributed by atoms with Gasteiger partial charge >= 0.3 is 0 Å². The smallest absolute Gasteiger partial charge is 0.00101 e. The molecule has 0 aromatic heterocycles. The lowest BCUT2D eigenvalue weighted by Crippen LogP contribution is -2.21. The first kappa shape index (κ1) is 14.0. The second-order valence-corrected chi connectivity index (χ2v) is 5.51. The van der Waals surface area contributed by atoms with Gasteiger partial charge in [0.05, 0.1) is 0 Å². The largest absolute Gasteiger partial charge is 0.303 e. The highest BCUT2D eigenvalue weighted by molar-refractivity contribution is 4.74. The molecule has 1 fully saturated rings. The van der Waals surface area contributed by atoms with E-state index >= 15 is 0 Å². The van der Waals surface area contributed by atoms with Gasteiger partial charge in [0.25, 0.3) is 0 Å². The summed E-state index contributed by atoms with van der Waals surface area (Å²) in [6.07, 6.45) is 12.9. The van der Waals surface area contributed by atoms with Crippen molar-refractivity contribution in [1.29, 1.82) is 0 Å². The quantitative estimate of drug-likeness (QED) is 0.523. The van der Waals surface area contributed by atoms with E-state index in [1.54, 1.807) is 0 Å². The van der Waals surface area contributed by atoms with E-state index in [1.165, 1.54) is 77.4 Å². The normalized spacial score (nSPS) is 21.8. The maximum atomic E-state index is 2.69. The van der Waals surface area contributed by atoms with Gasteiger partial charge in [0.2, 0.25) is 0 Å². The minimum absolute atomic E-state index is 1.02. The van der Waals surface area contributed by atoms with Gasteiger partial charge in [0.15, 0.2) is 0 Å². The average Bonchev–Trinajstić information content (AvgIpc) is 2.72. The number of unbranched alkanes of at least 4 members (excludes halogenated alkanes) is 5. The summed E-state index contributed by atoms with van der Waals surface area (Å²) >= 11 is 0. The lowest BCUT2D eigenvalue weighted by atomic mass is 10.0. The zero-order valence-corrected chi connectivity index (χ0v) is 11.5. The Balaban J connectivity index is 1.90. The Morgan fingerprint density at radius 3 is 2.44 bits per heavy atom. The Kier molecular flexibility index (Phi) is 7.92. The Morgan fingerprint density at radius 1 is 0.938 bits per heavy atom. The third-order valence-electron chi connectivity index (χ3n) is 3.89. The number of hydrogen-bond acceptors (Lipinski definition) is 1. The maximum absolute atomic E-state index is 2.69. The van der Waals surface area contributed by atoms with E-state index in [9.17, 15) is 0 Å². The Hall–Kier alpha value is -0.0400. The van der Waals surface area contributed by atoms with E-state index in [0.29, 0.717) is 0 Å². The van der Waals surface area contributed by atoms with Gasteiger partial charge in [-0.2, -0.15) is 0 Å². The molecule has 1 rings (SSSR count). The molecular formula is C15H31N. The molecule has 0 bridgehead atoms. The van der Waals surface area contributed by atoms with Crippen LogP contribution in [0.1, 0.15) is 71.6 Å². The zero-order chi connectivity index (χ0) is 11.6. The van der Waals surface area contributed by atoms with Crippen LogP contribution in [0.25, 0.3) is 0 Å². The molecule has 0 N–H and O–H groups in total. The molecule has 1 aliphatic heterocycles. The molecule has 0 aromatic rings. The SMILES string of the molecule is CCCCCCCCN1CCC(CCC)C1. The van der Waals surface area contributed by atoms with Crippen LogP contribution < -0.4 is 0 Å². The zero-order valence-electron chi connectivity index (χ0n) is 11.5. The van der Waals surface area contributed by atoms with Crippen molar-refractivity contribution < 1.29 is 0 Å². The predicted molar refractivity (Wildman–Crippen MR) is 72.8 cm³/mol. The maximum Gasteiger partial charge on any atom is 0.00101 e. The van der Waals surface area contributed by atoms with Crippen LogP contribution in [0.2, 0.25) is 0 Å². The van der Waals surface area contributed by atoms with Crippen LogP contribution in [0.4, 0.5) is 0 Å². The van der Waals surface area contributed by atoms with E-state index in [1.807, 2.05) is 0 Å². The van der Waals surface area contributed by atoms with Crippen LogP contribution in [-0.4, -0.2) is 24.5 Å². The van der Waals surface area contributed by atoms with Gasteiger partial charge in [-0.15, -0.1) is 0 Å². The molecule has 0 amide bonds. The van der Waals surface area contributed by atoms with Crippen LogP contribution in [0.15, 0.2) is 0 Å². The molecular weight excluding hydrogens is 194 g/mol. The Bertz CT molecular complexity index is 156. The van der Waals surface area contributed by atoms with Crippen molar-refractivity contribution in [2.24, 2.45) is 5.92 Å². The first-order chi connectivity index (χ1) is 7.86. The molecule has 0 aliphatic carbocycles. The summed E-state index contributed by atoms with van der Waals surface area (Å²) in [6.45, 7) is 8.74. The summed E-state index contributed by atoms with van der Waals surface area (Å²) < 4.78 is 0. The minimum atomic E-state index is 1.02. The second kappa shape index (κ2) is 9.04. The van der Waals surface area contributed by atoms with Gasteiger partial charge in [0, 0.05) is 6.54 Å². The second-order valence-electron chi connectivity index (χ2n) is 5.51. The molecule has 0 aromatic carbocycles. The summed E-state index contributed by atoms with van der Waals surface area (Å²) in [4.78, 5) is 2.69. The summed E-state index contributed by atoms with van der Waals surface area (Å²) in [5, 5.41) is 0. The van der Waals surface area contributed by atoms with Crippen molar-refractivity contribution in [3.8, 4) is 0 Å². The number of rotatable bonds is 9. The third-order valence-corrected chi connectivity index (χ3v) is 3.89. The fourth-order valence-corrected chi connectivity index (χ4v) is 2.88. The molecule has 1 atom stereocenters. The van der Waals surface area contributed by atoms with Crippen molar-refractivity contribution in [3.63, 3.8) is 0 Å². The van der Waals surface area contributed by atoms with E-state index in [2.05, 4.69) is 18.7 Å². The third kappa shape index (κ3) is 5.89. The molecule has 1 heteroatoms.